The molecule has 4 heteroatoms. The fraction of sp³-hybridized carbons (Fsp3) is 0.778. The largest absolute Gasteiger partial charge is 0.438 e. The maximum atomic E-state index is 10.8. The molecule has 13 heavy (non-hydrogen) atoms. The van der Waals surface area contributed by atoms with Gasteiger partial charge in [-0.2, -0.15) is 0 Å². The Balaban J connectivity index is 2.94. The van der Waals surface area contributed by atoms with Gasteiger partial charge in [-0.05, 0) is 12.8 Å². The van der Waals surface area contributed by atoms with Gasteiger partial charge < -0.3 is 0 Å². The van der Waals surface area contributed by atoms with E-state index >= 15 is 0 Å². The Morgan fingerprint density at radius 1 is 1.54 bits per heavy atom. The van der Waals surface area contributed by atoms with Gasteiger partial charge in [0.15, 0.2) is 5.82 Å². The van der Waals surface area contributed by atoms with Gasteiger partial charge in [-0.1, -0.05) is 32.3 Å². The molecule has 0 aliphatic rings. The average molecular weight is 184 g/mol. The predicted octanol–water partition coefficient (Wildman–Crippen LogP) is 1.83. The van der Waals surface area contributed by atoms with E-state index in [0.29, 0.717) is 5.82 Å². The third-order valence-electron chi connectivity index (χ3n) is 2.59. The summed E-state index contributed by atoms with van der Waals surface area (Å²) in [6, 6.07) is 0. The second-order valence-corrected chi connectivity index (χ2v) is 3.61. The molecule has 0 saturated heterocycles. The maximum Gasteiger partial charge on any atom is 0.438 e. The Morgan fingerprint density at radius 3 is 2.62 bits per heavy atom. The van der Waals surface area contributed by atoms with Crippen molar-refractivity contribution in [2.45, 2.75) is 45.4 Å². The van der Waals surface area contributed by atoms with Crippen LogP contribution in [0.5, 0.6) is 0 Å². The summed E-state index contributed by atoms with van der Waals surface area (Å²) in [5.74, 6) is 0.202. The zero-order valence-electron chi connectivity index (χ0n) is 8.39. The van der Waals surface area contributed by atoms with Crippen molar-refractivity contribution in [2.24, 2.45) is 0 Å². The smallest absolute Gasteiger partial charge is 0.296 e. The number of aromatic amines is 1. The van der Waals surface area contributed by atoms with Crippen molar-refractivity contribution in [1.29, 1.82) is 0 Å². The van der Waals surface area contributed by atoms with Crippen LogP contribution in [0.1, 0.15) is 45.9 Å². The molecule has 1 atom stereocenters. The number of nitrogens with one attached hydrogen (secondary N) is 1. The molecule has 1 rings (SSSR count). The zero-order chi connectivity index (χ0) is 9.90. The molecule has 0 amide bonds. The lowest BCUT2D eigenvalue weighted by Gasteiger charge is -2.23. The molecule has 0 spiro atoms. The first-order valence-corrected chi connectivity index (χ1v) is 4.69. The van der Waals surface area contributed by atoms with Crippen molar-refractivity contribution in [1.82, 2.24) is 10.1 Å². The minimum absolute atomic E-state index is 0.0547. The number of aromatic nitrogens is 2. The van der Waals surface area contributed by atoms with E-state index in [4.69, 9.17) is 0 Å². The molecule has 0 aliphatic carbocycles. The summed E-state index contributed by atoms with van der Waals surface area (Å²) in [4.78, 5) is 13.4. The third kappa shape index (κ3) is 1.99. The van der Waals surface area contributed by atoms with Crippen molar-refractivity contribution in [3.8, 4) is 0 Å². The van der Waals surface area contributed by atoms with Gasteiger partial charge in [0.05, 0.1) is 0 Å². The molecular weight excluding hydrogens is 168 g/mol. The highest BCUT2D eigenvalue weighted by atomic mass is 16.5. The Kier molecular flexibility index (Phi) is 2.90. The summed E-state index contributed by atoms with van der Waals surface area (Å²) in [5.41, 5.74) is -0.0547. The van der Waals surface area contributed by atoms with E-state index in [0.717, 1.165) is 19.3 Å². The molecule has 0 bridgehead atoms. The van der Waals surface area contributed by atoms with Crippen LogP contribution < -0.4 is 5.76 Å². The van der Waals surface area contributed by atoms with E-state index in [-0.39, 0.29) is 5.41 Å². The molecule has 74 valence electrons. The van der Waals surface area contributed by atoms with Gasteiger partial charge in [0.2, 0.25) is 0 Å². The Morgan fingerprint density at radius 2 is 2.23 bits per heavy atom. The van der Waals surface area contributed by atoms with Gasteiger partial charge in [-0.25, -0.2) is 4.79 Å². The number of rotatable bonds is 4. The van der Waals surface area contributed by atoms with Crippen molar-refractivity contribution < 1.29 is 4.52 Å². The SMILES string of the molecule is CCCC(C)(CC)c1noc(=O)[nH]1. The van der Waals surface area contributed by atoms with Crippen LogP contribution >= 0.6 is 0 Å². The number of H-pyrrole nitrogens is 1. The monoisotopic (exact) mass is 184 g/mol. The van der Waals surface area contributed by atoms with Crippen LogP contribution in [0.4, 0.5) is 0 Å². The van der Waals surface area contributed by atoms with Gasteiger partial charge in [-0.15, -0.1) is 0 Å². The maximum absolute atomic E-state index is 10.8. The van der Waals surface area contributed by atoms with E-state index in [2.05, 4.69) is 35.4 Å². The van der Waals surface area contributed by atoms with Crippen LogP contribution in [0.3, 0.4) is 0 Å². The number of hydrogen-bond acceptors (Lipinski definition) is 3. The van der Waals surface area contributed by atoms with Crippen molar-refractivity contribution >= 4 is 0 Å². The minimum atomic E-state index is -0.467. The summed E-state index contributed by atoms with van der Waals surface area (Å²) in [7, 11) is 0. The van der Waals surface area contributed by atoms with Crippen molar-refractivity contribution in [3.05, 3.63) is 16.4 Å². The van der Waals surface area contributed by atoms with E-state index in [1.807, 2.05) is 0 Å². The van der Waals surface area contributed by atoms with E-state index in [1.54, 1.807) is 0 Å². The van der Waals surface area contributed by atoms with Gasteiger partial charge in [0, 0.05) is 5.41 Å². The van der Waals surface area contributed by atoms with Crippen LogP contribution in [0.2, 0.25) is 0 Å². The molecule has 0 saturated carbocycles. The molecule has 1 aromatic rings. The second kappa shape index (κ2) is 3.77. The lowest BCUT2D eigenvalue weighted by molar-refractivity contribution is 0.340. The molecular formula is C9H16N2O2. The van der Waals surface area contributed by atoms with Crippen LogP contribution in [0.15, 0.2) is 9.32 Å². The third-order valence-corrected chi connectivity index (χ3v) is 2.59. The van der Waals surface area contributed by atoms with Gasteiger partial charge >= 0.3 is 5.76 Å². The first kappa shape index (κ1) is 10.0. The molecule has 1 heterocycles. The first-order valence-electron chi connectivity index (χ1n) is 4.69. The summed E-state index contributed by atoms with van der Waals surface area (Å²) < 4.78 is 4.50. The molecule has 0 aromatic carbocycles. The highest BCUT2D eigenvalue weighted by Gasteiger charge is 2.27. The molecule has 0 aliphatic heterocycles. The first-order chi connectivity index (χ1) is 6.12. The van der Waals surface area contributed by atoms with Crippen molar-refractivity contribution in [2.75, 3.05) is 0 Å². The standard InChI is InChI=1S/C9H16N2O2/c1-4-6-9(3,5-2)7-10-8(12)13-11-7/h4-6H2,1-3H3,(H,10,11,12). The zero-order valence-corrected chi connectivity index (χ0v) is 8.39. The van der Waals surface area contributed by atoms with Crippen LogP contribution in [-0.2, 0) is 5.41 Å². The Labute approximate surface area is 77.3 Å². The topological polar surface area (TPSA) is 58.9 Å². The fourth-order valence-corrected chi connectivity index (χ4v) is 1.50. The summed E-state index contributed by atoms with van der Waals surface area (Å²) in [6.45, 7) is 6.29. The minimum Gasteiger partial charge on any atom is -0.296 e. The highest BCUT2D eigenvalue weighted by Crippen LogP contribution is 2.28. The molecule has 4 nitrogen and oxygen atoms in total. The van der Waals surface area contributed by atoms with Gasteiger partial charge in [-0.3, -0.25) is 9.51 Å². The summed E-state index contributed by atoms with van der Waals surface area (Å²) in [6.07, 6.45) is 3.02. The summed E-state index contributed by atoms with van der Waals surface area (Å²) >= 11 is 0. The van der Waals surface area contributed by atoms with Crippen LogP contribution in [0, 0.1) is 0 Å². The highest BCUT2D eigenvalue weighted by molar-refractivity contribution is 5.01. The van der Waals surface area contributed by atoms with Crippen molar-refractivity contribution in [3.63, 3.8) is 0 Å². The normalized spacial score (nSPS) is 15.6. The van der Waals surface area contributed by atoms with E-state index < -0.39 is 5.76 Å². The lowest BCUT2D eigenvalue weighted by atomic mass is 9.82. The quantitative estimate of drug-likeness (QED) is 0.776. The molecule has 0 radical (unpaired) electrons. The average Bonchev–Trinajstić information content (AvgIpc) is 2.52. The van der Waals surface area contributed by atoms with Crippen LogP contribution in [0.25, 0.3) is 0 Å². The molecule has 1 N–H and O–H groups in total. The fourth-order valence-electron chi connectivity index (χ4n) is 1.50. The molecule has 1 aromatic heterocycles. The summed E-state index contributed by atoms with van der Waals surface area (Å²) in [5, 5.41) is 3.73. The molecule has 1 unspecified atom stereocenters. The van der Waals surface area contributed by atoms with E-state index in [1.165, 1.54) is 0 Å². The van der Waals surface area contributed by atoms with Gasteiger partial charge in [0.25, 0.3) is 0 Å². The van der Waals surface area contributed by atoms with Crippen LogP contribution in [-0.4, -0.2) is 10.1 Å². The van der Waals surface area contributed by atoms with E-state index in [9.17, 15) is 4.79 Å². The number of nitrogens with zero attached hydrogens (tertiary/aromatic N) is 1. The molecule has 0 fully saturated rings. The second-order valence-electron chi connectivity index (χ2n) is 3.61. The lowest BCUT2D eigenvalue weighted by Crippen LogP contribution is -2.23. The Hall–Kier alpha value is -1.06. The number of hydrogen-bond donors (Lipinski definition) is 1. The Bertz CT molecular complexity index is 315. The van der Waals surface area contributed by atoms with Gasteiger partial charge in [0.1, 0.15) is 0 Å². The predicted molar refractivity (Wildman–Crippen MR) is 49.7 cm³/mol.